The first-order valence-electron chi connectivity index (χ1n) is 5.43. The molecule has 1 unspecified atom stereocenters. The van der Waals surface area contributed by atoms with E-state index < -0.39 is 11.8 Å². The van der Waals surface area contributed by atoms with E-state index in [0.29, 0.717) is 13.0 Å². The first kappa shape index (κ1) is 11.3. The summed E-state index contributed by atoms with van der Waals surface area (Å²) in [5, 5.41) is 0. The van der Waals surface area contributed by atoms with Gasteiger partial charge in [-0.25, -0.2) is 8.78 Å². The molecule has 1 atom stereocenters. The number of anilines is 1. The molecule has 2 N–H and O–H groups in total. The summed E-state index contributed by atoms with van der Waals surface area (Å²) < 4.78 is 28.4. The van der Waals surface area contributed by atoms with Gasteiger partial charge in [-0.15, -0.1) is 0 Å². The second-order valence-electron chi connectivity index (χ2n) is 4.46. The number of halogens is 2. The molecule has 0 spiro atoms. The summed E-state index contributed by atoms with van der Waals surface area (Å²) in [5.74, 6) is -3.45. The van der Waals surface area contributed by atoms with Gasteiger partial charge in [0.2, 0.25) is 0 Å². The Morgan fingerprint density at radius 2 is 2.06 bits per heavy atom. The largest absolute Gasteiger partial charge is 0.398 e. The van der Waals surface area contributed by atoms with E-state index >= 15 is 0 Å². The molecule has 0 aliphatic carbocycles. The molecule has 2 nitrogen and oxygen atoms in total. The van der Waals surface area contributed by atoms with E-state index in [9.17, 15) is 8.78 Å². The molecule has 16 heavy (non-hydrogen) atoms. The van der Waals surface area contributed by atoms with Crippen LogP contribution in [-0.4, -0.2) is 25.0 Å². The zero-order valence-corrected chi connectivity index (χ0v) is 9.29. The summed E-state index contributed by atoms with van der Waals surface area (Å²) in [4.78, 5) is 1.93. The molecule has 1 aromatic carbocycles. The average Bonchev–Trinajstić information content (AvgIpc) is 2.66. The van der Waals surface area contributed by atoms with Crippen LogP contribution in [0.1, 0.15) is 12.0 Å². The van der Waals surface area contributed by atoms with Crippen LogP contribution < -0.4 is 5.73 Å². The van der Waals surface area contributed by atoms with Gasteiger partial charge in [-0.1, -0.05) is 18.2 Å². The van der Waals surface area contributed by atoms with Crippen molar-refractivity contribution in [3.63, 3.8) is 0 Å². The van der Waals surface area contributed by atoms with Crippen LogP contribution in [0.5, 0.6) is 0 Å². The first-order valence-corrected chi connectivity index (χ1v) is 5.43. The van der Waals surface area contributed by atoms with Gasteiger partial charge in [-0.2, -0.15) is 0 Å². The molecule has 88 valence electrons. The lowest BCUT2D eigenvalue weighted by Gasteiger charge is -2.24. The number of para-hydroxylation sites is 1. The molecule has 0 radical (unpaired) electrons. The molecule has 0 amide bonds. The van der Waals surface area contributed by atoms with Crippen molar-refractivity contribution in [3.8, 4) is 0 Å². The van der Waals surface area contributed by atoms with Crippen LogP contribution in [0.15, 0.2) is 24.3 Å². The average molecular weight is 226 g/mol. The van der Waals surface area contributed by atoms with Gasteiger partial charge in [0.05, 0.1) is 0 Å². The lowest BCUT2D eigenvalue weighted by molar-refractivity contribution is -0.0595. The van der Waals surface area contributed by atoms with E-state index in [1.165, 1.54) is 12.1 Å². The monoisotopic (exact) mass is 226 g/mol. The van der Waals surface area contributed by atoms with Gasteiger partial charge in [0.15, 0.2) is 0 Å². The van der Waals surface area contributed by atoms with Crippen LogP contribution in [0, 0.1) is 5.92 Å². The Morgan fingerprint density at radius 3 is 2.62 bits per heavy atom. The van der Waals surface area contributed by atoms with Crippen molar-refractivity contribution < 1.29 is 8.78 Å². The zero-order valence-electron chi connectivity index (χ0n) is 9.29. The Morgan fingerprint density at radius 1 is 1.38 bits per heavy atom. The van der Waals surface area contributed by atoms with E-state index in [1.807, 2.05) is 11.9 Å². The molecule has 1 saturated heterocycles. The fourth-order valence-electron chi connectivity index (χ4n) is 2.25. The fourth-order valence-corrected chi connectivity index (χ4v) is 2.25. The Balaban J connectivity index is 2.28. The molecule has 0 saturated carbocycles. The minimum atomic E-state index is -2.82. The van der Waals surface area contributed by atoms with Crippen LogP contribution in [0.25, 0.3) is 0 Å². The molecule has 0 bridgehead atoms. The van der Waals surface area contributed by atoms with Gasteiger partial charge in [0.25, 0.3) is 5.92 Å². The standard InChI is InChI=1S/C12H16F2N2/c1-16-7-6-9(8-16)12(13,14)10-4-2-3-5-11(10)15/h2-5,9H,6-8,15H2,1H3. The molecular weight excluding hydrogens is 210 g/mol. The smallest absolute Gasteiger partial charge is 0.279 e. The second kappa shape index (κ2) is 4.01. The summed E-state index contributed by atoms with van der Waals surface area (Å²) in [6.07, 6.45) is 0.526. The SMILES string of the molecule is CN1CCC(C(F)(F)c2ccccc2N)C1. The summed E-state index contributed by atoms with van der Waals surface area (Å²) in [6.45, 7) is 1.16. The van der Waals surface area contributed by atoms with E-state index in [1.54, 1.807) is 12.1 Å². The molecule has 4 heteroatoms. The van der Waals surface area contributed by atoms with Gasteiger partial charge >= 0.3 is 0 Å². The lowest BCUT2D eigenvalue weighted by atomic mass is 9.93. The third-order valence-corrected chi connectivity index (χ3v) is 3.22. The topological polar surface area (TPSA) is 29.3 Å². The highest BCUT2D eigenvalue weighted by Crippen LogP contribution is 2.42. The van der Waals surface area contributed by atoms with Gasteiger partial charge in [0.1, 0.15) is 0 Å². The third kappa shape index (κ3) is 1.89. The van der Waals surface area contributed by atoms with Crippen LogP contribution in [0.4, 0.5) is 14.5 Å². The lowest BCUT2D eigenvalue weighted by Crippen LogP contribution is -2.29. The summed E-state index contributed by atoms with van der Waals surface area (Å²) >= 11 is 0. The molecule has 2 rings (SSSR count). The van der Waals surface area contributed by atoms with Crippen molar-refractivity contribution in [1.82, 2.24) is 4.90 Å². The van der Waals surface area contributed by atoms with Crippen LogP contribution in [0.3, 0.4) is 0 Å². The summed E-state index contributed by atoms with van der Waals surface area (Å²) in [7, 11) is 1.87. The number of rotatable bonds is 2. The Kier molecular flexibility index (Phi) is 2.84. The zero-order chi connectivity index (χ0) is 11.8. The number of nitrogens with two attached hydrogens (primary N) is 1. The number of hydrogen-bond acceptors (Lipinski definition) is 2. The Labute approximate surface area is 94.0 Å². The minimum absolute atomic E-state index is 0.0321. The molecule has 1 aliphatic heterocycles. The van der Waals surface area contributed by atoms with E-state index in [2.05, 4.69) is 0 Å². The van der Waals surface area contributed by atoms with Crippen molar-refractivity contribution in [3.05, 3.63) is 29.8 Å². The van der Waals surface area contributed by atoms with Crippen molar-refractivity contribution in [2.75, 3.05) is 25.9 Å². The Hall–Kier alpha value is -1.16. The van der Waals surface area contributed by atoms with E-state index in [-0.39, 0.29) is 11.3 Å². The minimum Gasteiger partial charge on any atom is -0.398 e. The molecule has 1 aliphatic rings. The second-order valence-corrected chi connectivity index (χ2v) is 4.46. The van der Waals surface area contributed by atoms with Crippen molar-refractivity contribution >= 4 is 5.69 Å². The number of benzene rings is 1. The summed E-state index contributed by atoms with van der Waals surface area (Å²) in [5.41, 5.74) is 5.77. The molecule has 1 aromatic rings. The predicted molar refractivity (Wildman–Crippen MR) is 60.4 cm³/mol. The maximum Gasteiger partial charge on any atom is 0.279 e. The van der Waals surface area contributed by atoms with Gasteiger partial charge in [-0.05, 0) is 26.1 Å². The number of likely N-dealkylation sites (tertiary alicyclic amines) is 1. The Bertz CT molecular complexity index is 379. The highest BCUT2D eigenvalue weighted by Gasteiger charge is 2.44. The highest BCUT2D eigenvalue weighted by molar-refractivity contribution is 5.49. The van der Waals surface area contributed by atoms with Crippen molar-refractivity contribution in [1.29, 1.82) is 0 Å². The van der Waals surface area contributed by atoms with Gasteiger partial charge in [0, 0.05) is 23.7 Å². The number of hydrogen-bond donors (Lipinski definition) is 1. The van der Waals surface area contributed by atoms with Gasteiger partial charge in [-0.3, -0.25) is 0 Å². The molecule has 1 heterocycles. The van der Waals surface area contributed by atoms with Crippen LogP contribution in [-0.2, 0) is 5.92 Å². The first-order chi connectivity index (χ1) is 7.51. The molecule has 0 aromatic heterocycles. The van der Waals surface area contributed by atoms with Crippen molar-refractivity contribution in [2.24, 2.45) is 5.92 Å². The predicted octanol–water partition coefficient (Wildman–Crippen LogP) is 2.31. The van der Waals surface area contributed by atoms with Crippen LogP contribution in [0.2, 0.25) is 0 Å². The van der Waals surface area contributed by atoms with E-state index in [4.69, 9.17) is 5.73 Å². The van der Waals surface area contributed by atoms with Crippen LogP contribution >= 0.6 is 0 Å². The maximum absolute atomic E-state index is 14.2. The highest BCUT2D eigenvalue weighted by atomic mass is 19.3. The molecule has 1 fully saturated rings. The fraction of sp³-hybridized carbons (Fsp3) is 0.500. The molecular formula is C12H16F2N2. The normalized spacial score (nSPS) is 22.6. The quantitative estimate of drug-likeness (QED) is 0.784. The number of alkyl halides is 2. The van der Waals surface area contributed by atoms with Gasteiger partial charge < -0.3 is 10.6 Å². The third-order valence-electron chi connectivity index (χ3n) is 3.22. The summed E-state index contributed by atoms with van der Waals surface area (Å²) in [6, 6.07) is 6.24. The maximum atomic E-state index is 14.2. The van der Waals surface area contributed by atoms with E-state index in [0.717, 1.165) is 6.54 Å². The number of nitrogen functional groups attached to an aromatic ring is 1. The number of nitrogens with zero attached hydrogens (tertiary/aromatic N) is 1. The van der Waals surface area contributed by atoms with Crippen molar-refractivity contribution in [2.45, 2.75) is 12.3 Å².